The summed E-state index contributed by atoms with van der Waals surface area (Å²) in [6, 6.07) is -0.00245. The van der Waals surface area contributed by atoms with Gasteiger partial charge in [0.2, 0.25) is 0 Å². The number of pyridine rings is 1. The summed E-state index contributed by atoms with van der Waals surface area (Å²) in [6.45, 7) is 7.11. The Morgan fingerprint density at radius 2 is 2.21 bits per heavy atom. The molecule has 0 saturated heterocycles. The minimum atomic E-state index is -0.446. The van der Waals surface area contributed by atoms with Crippen LogP contribution in [0.3, 0.4) is 0 Å². The lowest BCUT2D eigenvalue weighted by Crippen LogP contribution is -2.31. The van der Waals surface area contributed by atoms with Crippen LogP contribution in [-0.2, 0) is 4.74 Å². The van der Waals surface area contributed by atoms with E-state index < -0.39 is 4.92 Å². The first-order valence-corrected chi connectivity index (χ1v) is 6.88. The fraction of sp³-hybridized carbons (Fsp3) is 0.583. The van der Waals surface area contributed by atoms with Crippen molar-refractivity contribution in [3.05, 3.63) is 27.0 Å². The van der Waals surface area contributed by atoms with Crippen LogP contribution in [0.25, 0.3) is 0 Å². The number of nitrogens with one attached hydrogen (secondary N) is 1. The van der Waals surface area contributed by atoms with Crippen molar-refractivity contribution in [1.29, 1.82) is 0 Å². The maximum atomic E-state index is 11.0. The Labute approximate surface area is 120 Å². The Morgan fingerprint density at radius 1 is 1.53 bits per heavy atom. The lowest BCUT2D eigenvalue weighted by molar-refractivity contribution is -0.384. The molecule has 1 heterocycles. The van der Waals surface area contributed by atoms with E-state index >= 15 is 0 Å². The second kappa shape index (κ2) is 7.40. The number of nitro groups is 1. The molecule has 6 nitrogen and oxygen atoms in total. The SMILES string of the molecule is CCOCC(Nc1c(Br)cncc1[N+](=O)[O-])C(C)C. The van der Waals surface area contributed by atoms with Crippen molar-refractivity contribution in [1.82, 2.24) is 4.98 Å². The zero-order valence-electron chi connectivity index (χ0n) is 11.2. The van der Waals surface area contributed by atoms with E-state index in [1.165, 1.54) is 12.4 Å². The summed E-state index contributed by atoms with van der Waals surface area (Å²) in [5.74, 6) is 0.284. The number of hydrogen-bond donors (Lipinski definition) is 1. The first-order chi connectivity index (χ1) is 8.97. The molecule has 0 aliphatic heterocycles. The van der Waals surface area contributed by atoms with E-state index in [9.17, 15) is 10.1 Å². The maximum absolute atomic E-state index is 11.0. The molecule has 0 fully saturated rings. The molecule has 7 heteroatoms. The lowest BCUT2D eigenvalue weighted by atomic mass is 10.1. The third-order valence-electron chi connectivity index (χ3n) is 2.71. The summed E-state index contributed by atoms with van der Waals surface area (Å²) in [4.78, 5) is 14.4. The van der Waals surface area contributed by atoms with E-state index in [0.29, 0.717) is 23.4 Å². The van der Waals surface area contributed by atoms with Gasteiger partial charge in [-0.2, -0.15) is 0 Å². The van der Waals surface area contributed by atoms with Crippen molar-refractivity contribution < 1.29 is 9.66 Å². The van der Waals surface area contributed by atoms with Gasteiger partial charge in [0, 0.05) is 12.8 Å². The average molecular weight is 332 g/mol. The normalized spacial score (nSPS) is 12.5. The number of ether oxygens (including phenoxy) is 1. The molecule has 0 saturated carbocycles. The molecular formula is C12H18BrN3O3. The first-order valence-electron chi connectivity index (χ1n) is 6.09. The van der Waals surface area contributed by atoms with Crippen molar-refractivity contribution in [3.8, 4) is 0 Å². The van der Waals surface area contributed by atoms with Crippen LogP contribution in [0.2, 0.25) is 0 Å². The Morgan fingerprint density at radius 3 is 2.74 bits per heavy atom. The summed E-state index contributed by atoms with van der Waals surface area (Å²) >= 11 is 3.29. The van der Waals surface area contributed by atoms with Gasteiger partial charge in [-0.3, -0.25) is 15.1 Å². The molecule has 106 valence electrons. The topological polar surface area (TPSA) is 77.3 Å². The van der Waals surface area contributed by atoms with Gasteiger partial charge in [0.05, 0.1) is 22.0 Å². The number of hydrogen-bond acceptors (Lipinski definition) is 5. The van der Waals surface area contributed by atoms with Crippen molar-refractivity contribution in [3.63, 3.8) is 0 Å². The van der Waals surface area contributed by atoms with Crippen molar-refractivity contribution in [2.75, 3.05) is 18.5 Å². The molecule has 0 spiro atoms. The van der Waals surface area contributed by atoms with Crippen LogP contribution in [0.1, 0.15) is 20.8 Å². The fourth-order valence-electron chi connectivity index (χ4n) is 1.54. The average Bonchev–Trinajstić information content (AvgIpc) is 2.35. The number of anilines is 1. The first kappa shape index (κ1) is 15.8. The molecule has 0 aromatic carbocycles. The zero-order chi connectivity index (χ0) is 14.4. The van der Waals surface area contributed by atoms with Gasteiger partial charge in [0.1, 0.15) is 11.9 Å². The molecule has 1 unspecified atom stereocenters. The summed E-state index contributed by atoms with van der Waals surface area (Å²) in [6.07, 6.45) is 2.78. The summed E-state index contributed by atoms with van der Waals surface area (Å²) < 4.78 is 5.98. The van der Waals surface area contributed by atoms with Crippen LogP contribution >= 0.6 is 15.9 Å². The van der Waals surface area contributed by atoms with Crippen LogP contribution in [0.4, 0.5) is 11.4 Å². The van der Waals surface area contributed by atoms with Gasteiger partial charge in [-0.15, -0.1) is 0 Å². The monoisotopic (exact) mass is 331 g/mol. The third-order valence-corrected chi connectivity index (χ3v) is 3.31. The Kier molecular flexibility index (Phi) is 6.17. The highest BCUT2D eigenvalue weighted by Gasteiger charge is 2.22. The zero-order valence-corrected chi connectivity index (χ0v) is 12.8. The Hall–Kier alpha value is -1.21. The molecule has 0 bridgehead atoms. The summed E-state index contributed by atoms with van der Waals surface area (Å²) in [5.41, 5.74) is 0.398. The predicted molar refractivity (Wildman–Crippen MR) is 77.3 cm³/mol. The van der Waals surface area contributed by atoms with Crippen molar-refractivity contribution in [2.24, 2.45) is 5.92 Å². The fourth-order valence-corrected chi connectivity index (χ4v) is 1.97. The Balaban J connectivity index is 2.98. The molecule has 1 rings (SSSR count). The van der Waals surface area contributed by atoms with E-state index in [1.807, 2.05) is 20.8 Å². The molecule has 0 radical (unpaired) electrons. The van der Waals surface area contributed by atoms with Crippen LogP contribution in [0.5, 0.6) is 0 Å². The molecule has 1 N–H and O–H groups in total. The van der Waals surface area contributed by atoms with E-state index in [1.54, 1.807) is 0 Å². The van der Waals surface area contributed by atoms with Gasteiger partial charge in [-0.05, 0) is 28.8 Å². The quantitative estimate of drug-likeness (QED) is 0.613. The molecular weight excluding hydrogens is 314 g/mol. The maximum Gasteiger partial charge on any atom is 0.311 e. The third kappa shape index (κ3) is 4.43. The van der Waals surface area contributed by atoms with Crippen molar-refractivity contribution in [2.45, 2.75) is 26.8 Å². The Bertz CT molecular complexity index is 440. The number of rotatable bonds is 7. The van der Waals surface area contributed by atoms with E-state index in [2.05, 4.69) is 26.2 Å². The van der Waals surface area contributed by atoms with Crippen LogP contribution in [0, 0.1) is 16.0 Å². The van der Waals surface area contributed by atoms with Crippen LogP contribution in [-0.4, -0.2) is 29.2 Å². The van der Waals surface area contributed by atoms with Crippen LogP contribution in [0.15, 0.2) is 16.9 Å². The van der Waals surface area contributed by atoms with E-state index in [4.69, 9.17) is 4.74 Å². The minimum absolute atomic E-state index is 0.00245. The molecule has 0 aliphatic rings. The van der Waals surface area contributed by atoms with Crippen LogP contribution < -0.4 is 5.32 Å². The molecule has 1 atom stereocenters. The molecule has 1 aromatic heterocycles. The molecule has 1 aromatic rings. The van der Waals surface area contributed by atoms with E-state index in [-0.39, 0.29) is 17.6 Å². The lowest BCUT2D eigenvalue weighted by Gasteiger charge is -2.23. The second-order valence-electron chi connectivity index (χ2n) is 4.43. The van der Waals surface area contributed by atoms with Gasteiger partial charge < -0.3 is 10.1 Å². The smallest absolute Gasteiger partial charge is 0.311 e. The number of halogens is 1. The van der Waals surface area contributed by atoms with Crippen molar-refractivity contribution >= 4 is 27.3 Å². The molecule has 19 heavy (non-hydrogen) atoms. The predicted octanol–water partition coefficient (Wildman–Crippen LogP) is 3.23. The van der Waals surface area contributed by atoms with Gasteiger partial charge in [-0.1, -0.05) is 13.8 Å². The highest BCUT2D eigenvalue weighted by atomic mass is 79.9. The number of aromatic nitrogens is 1. The largest absolute Gasteiger partial charge is 0.380 e. The van der Waals surface area contributed by atoms with Gasteiger partial charge in [0.25, 0.3) is 0 Å². The minimum Gasteiger partial charge on any atom is -0.380 e. The van der Waals surface area contributed by atoms with Gasteiger partial charge in [-0.25, -0.2) is 0 Å². The molecule has 0 aliphatic carbocycles. The standard InChI is InChI=1S/C12H18BrN3O3/c1-4-19-7-10(8(2)3)15-12-9(13)5-14-6-11(12)16(17)18/h5-6,8,10H,4,7H2,1-3H3,(H,14,15). The summed E-state index contributed by atoms with van der Waals surface area (Å²) in [5, 5.41) is 14.2. The van der Waals surface area contributed by atoms with Gasteiger partial charge in [0.15, 0.2) is 0 Å². The highest BCUT2D eigenvalue weighted by Crippen LogP contribution is 2.32. The van der Waals surface area contributed by atoms with E-state index in [0.717, 1.165) is 0 Å². The van der Waals surface area contributed by atoms with Gasteiger partial charge >= 0.3 is 5.69 Å². The molecule has 0 amide bonds. The highest BCUT2D eigenvalue weighted by molar-refractivity contribution is 9.10. The summed E-state index contributed by atoms with van der Waals surface area (Å²) in [7, 11) is 0. The number of nitrogens with zero attached hydrogens (tertiary/aromatic N) is 2. The second-order valence-corrected chi connectivity index (χ2v) is 5.28.